The molecule has 2 fully saturated rings. The second-order valence-electron chi connectivity index (χ2n) is 11.1. The summed E-state index contributed by atoms with van der Waals surface area (Å²) in [5.74, 6) is 0.911. The van der Waals surface area contributed by atoms with Crippen molar-refractivity contribution < 1.29 is 4.74 Å². The number of fused-ring (bicyclic) bond motifs is 2. The molecule has 0 bridgehead atoms. The molecule has 6 rings (SSSR count). The molecule has 2 unspecified atom stereocenters. The summed E-state index contributed by atoms with van der Waals surface area (Å²) in [5, 5.41) is 14.3. The lowest BCUT2D eigenvalue weighted by molar-refractivity contribution is 0.128. The van der Waals surface area contributed by atoms with Crippen LogP contribution in [0.25, 0.3) is 0 Å². The van der Waals surface area contributed by atoms with Crippen LogP contribution in [0, 0.1) is 11.3 Å². The Balaban J connectivity index is 1.43. The number of rotatable bonds is 6. The molecule has 0 amide bonds. The number of benzene rings is 2. The SMILES string of the molecule is CCOc1ccccc1C1C[C@@]2(CCN1c1ccc(Cl)cc1C#N)CN(CC1CCCN1)Cc1ncccc12. The number of para-hydroxylation sites is 1. The van der Waals surface area contributed by atoms with Gasteiger partial charge in [-0.25, -0.2) is 0 Å². The van der Waals surface area contributed by atoms with E-state index in [9.17, 15) is 5.26 Å². The average Bonchev–Trinajstić information content (AvgIpc) is 3.47. The highest BCUT2D eigenvalue weighted by molar-refractivity contribution is 6.30. The van der Waals surface area contributed by atoms with Crippen LogP contribution < -0.4 is 15.0 Å². The van der Waals surface area contributed by atoms with E-state index < -0.39 is 0 Å². The van der Waals surface area contributed by atoms with Gasteiger partial charge in [0.15, 0.2) is 0 Å². The molecule has 202 valence electrons. The zero-order valence-electron chi connectivity index (χ0n) is 22.6. The highest BCUT2D eigenvalue weighted by Crippen LogP contribution is 2.50. The van der Waals surface area contributed by atoms with Crippen LogP contribution in [0.2, 0.25) is 5.02 Å². The van der Waals surface area contributed by atoms with Gasteiger partial charge in [0, 0.05) is 54.4 Å². The van der Waals surface area contributed by atoms with Crippen LogP contribution in [0.15, 0.2) is 60.8 Å². The molecule has 4 heterocycles. The van der Waals surface area contributed by atoms with E-state index in [2.05, 4.69) is 51.5 Å². The van der Waals surface area contributed by atoms with Gasteiger partial charge in [-0.1, -0.05) is 35.9 Å². The predicted octanol–water partition coefficient (Wildman–Crippen LogP) is 5.85. The first-order valence-corrected chi connectivity index (χ1v) is 14.6. The number of nitrogens with one attached hydrogen (secondary N) is 1. The maximum atomic E-state index is 10.0. The quantitative estimate of drug-likeness (QED) is 0.422. The summed E-state index contributed by atoms with van der Waals surface area (Å²) >= 11 is 6.31. The molecule has 6 nitrogen and oxygen atoms in total. The lowest BCUT2D eigenvalue weighted by atomic mass is 9.66. The monoisotopic (exact) mass is 541 g/mol. The molecule has 0 aliphatic carbocycles. The van der Waals surface area contributed by atoms with E-state index in [1.807, 2.05) is 31.3 Å². The maximum absolute atomic E-state index is 10.0. The van der Waals surface area contributed by atoms with E-state index in [4.69, 9.17) is 21.3 Å². The number of anilines is 1. The molecule has 39 heavy (non-hydrogen) atoms. The summed E-state index contributed by atoms with van der Waals surface area (Å²) in [4.78, 5) is 9.93. The fraction of sp³-hybridized carbons (Fsp3) is 0.438. The summed E-state index contributed by atoms with van der Waals surface area (Å²) in [6.45, 7) is 7.54. The van der Waals surface area contributed by atoms with Crippen molar-refractivity contribution in [2.24, 2.45) is 0 Å². The van der Waals surface area contributed by atoms with Gasteiger partial charge in [0.25, 0.3) is 0 Å². The summed E-state index contributed by atoms with van der Waals surface area (Å²) in [5.41, 5.74) is 5.25. The van der Waals surface area contributed by atoms with Gasteiger partial charge in [-0.3, -0.25) is 9.88 Å². The number of halogens is 1. The Morgan fingerprint density at radius 3 is 2.92 bits per heavy atom. The van der Waals surface area contributed by atoms with Gasteiger partial charge in [0.2, 0.25) is 0 Å². The van der Waals surface area contributed by atoms with Crippen LogP contribution in [0.3, 0.4) is 0 Å². The van der Waals surface area contributed by atoms with Gasteiger partial charge in [0.05, 0.1) is 29.6 Å². The first kappa shape index (κ1) is 26.1. The van der Waals surface area contributed by atoms with E-state index in [0.717, 1.165) is 62.6 Å². The summed E-state index contributed by atoms with van der Waals surface area (Å²) in [6.07, 6.45) is 6.34. The zero-order valence-corrected chi connectivity index (χ0v) is 23.3. The van der Waals surface area contributed by atoms with Crippen molar-refractivity contribution in [2.75, 3.05) is 37.7 Å². The molecule has 1 N–H and O–H groups in total. The third-order valence-electron chi connectivity index (χ3n) is 8.76. The highest BCUT2D eigenvalue weighted by atomic mass is 35.5. The third-order valence-corrected chi connectivity index (χ3v) is 9.00. The molecule has 2 aromatic carbocycles. The Morgan fingerprint density at radius 2 is 2.10 bits per heavy atom. The normalized spacial score (nSPS) is 24.9. The Morgan fingerprint density at radius 1 is 1.21 bits per heavy atom. The van der Waals surface area contributed by atoms with Gasteiger partial charge >= 0.3 is 0 Å². The van der Waals surface area contributed by atoms with E-state index in [1.165, 1.54) is 24.1 Å². The molecule has 7 heteroatoms. The third kappa shape index (κ3) is 5.12. The van der Waals surface area contributed by atoms with Crippen LogP contribution in [-0.4, -0.2) is 48.7 Å². The Bertz CT molecular complexity index is 1370. The maximum Gasteiger partial charge on any atom is 0.124 e. The number of hydrogen-bond donors (Lipinski definition) is 1. The van der Waals surface area contributed by atoms with Gasteiger partial charge in [-0.2, -0.15) is 5.26 Å². The van der Waals surface area contributed by atoms with E-state index in [1.54, 1.807) is 6.07 Å². The van der Waals surface area contributed by atoms with Crippen molar-refractivity contribution in [1.29, 1.82) is 5.26 Å². The van der Waals surface area contributed by atoms with Crippen molar-refractivity contribution in [3.05, 3.63) is 88.2 Å². The van der Waals surface area contributed by atoms with Gasteiger partial charge in [-0.05, 0) is 75.0 Å². The Hall–Kier alpha value is -3.11. The average molecular weight is 542 g/mol. The largest absolute Gasteiger partial charge is 0.494 e. The fourth-order valence-corrected chi connectivity index (χ4v) is 7.27. The summed E-state index contributed by atoms with van der Waals surface area (Å²) in [6, 6.07) is 21.5. The van der Waals surface area contributed by atoms with Gasteiger partial charge in [0.1, 0.15) is 11.8 Å². The van der Waals surface area contributed by atoms with Gasteiger partial charge in [-0.15, -0.1) is 0 Å². The smallest absolute Gasteiger partial charge is 0.124 e. The second-order valence-corrected chi connectivity index (χ2v) is 11.6. The lowest BCUT2D eigenvalue weighted by Gasteiger charge is -2.52. The van der Waals surface area contributed by atoms with Gasteiger partial charge < -0.3 is 15.0 Å². The number of aromatic nitrogens is 1. The number of pyridine rings is 1. The molecule has 1 aromatic heterocycles. The van der Waals surface area contributed by atoms with E-state index in [-0.39, 0.29) is 11.5 Å². The minimum absolute atomic E-state index is 0.0346. The molecule has 0 saturated carbocycles. The highest BCUT2D eigenvalue weighted by Gasteiger charge is 2.47. The first-order valence-electron chi connectivity index (χ1n) is 14.2. The topological polar surface area (TPSA) is 64.4 Å². The van der Waals surface area contributed by atoms with Crippen molar-refractivity contribution in [3.63, 3.8) is 0 Å². The van der Waals surface area contributed by atoms with E-state index >= 15 is 0 Å². The molecular weight excluding hydrogens is 506 g/mol. The Labute approximate surface area is 236 Å². The number of hydrogen-bond acceptors (Lipinski definition) is 6. The number of piperidine rings is 1. The van der Waals surface area contributed by atoms with Crippen LogP contribution in [0.4, 0.5) is 5.69 Å². The van der Waals surface area contributed by atoms with Crippen molar-refractivity contribution in [1.82, 2.24) is 15.2 Å². The predicted molar refractivity (Wildman–Crippen MR) is 155 cm³/mol. The van der Waals surface area contributed by atoms with E-state index in [0.29, 0.717) is 23.2 Å². The minimum Gasteiger partial charge on any atom is -0.494 e. The zero-order chi connectivity index (χ0) is 26.8. The molecular formula is C32H36ClN5O. The van der Waals surface area contributed by atoms with Crippen LogP contribution in [0.5, 0.6) is 5.75 Å². The number of nitrogens with zero attached hydrogens (tertiary/aromatic N) is 4. The first-order chi connectivity index (χ1) is 19.1. The van der Waals surface area contributed by atoms with Crippen molar-refractivity contribution >= 4 is 17.3 Å². The fourth-order valence-electron chi connectivity index (χ4n) is 7.10. The number of ether oxygens (including phenoxy) is 1. The second kappa shape index (κ2) is 11.2. The summed E-state index contributed by atoms with van der Waals surface area (Å²) < 4.78 is 6.16. The van der Waals surface area contributed by atoms with Crippen molar-refractivity contribution in [3.8, 4) is 11.8 Å². The lowest BCUT2D eigenvalue weighted by Crippen LogP contribution is -2.54. The standard InChI is InChI=1S/C32H36ClN5O/c1-2-39-31-10-4-3-8-26(31)30-18-32(13-16-38(30)29-12-11-24(33)17-23(29)19-34)22-37(20-25-7-5-14-35-25)21-28-27(32)9-6-15-36-28/h3-4,6,8-12,15,17,25,30,35H,2,5,7,13-14,16,18,20-22H2,1H3/t25?,30?,32-/m0/s1. The molecule has 3 aliphatic rings. The molecule has 2 saturated heterocycles. The molecule has 0 radical (unpaired) electrons. The van der Waals surface area contributed by atoms with Crippen LogP contribution in [0.1, 0.15) is 61.0 Å². The number of nitriles is 1. The molecule has 3 aliphatic heterocycles. The van der Waals surface area contributed by atoms with Crippen LogP contribution >= 0.6 is 11.6 Å². The minimum atomic E-state index is -0.0415. The molecule has 3 atom stereocenters. The Kier molecular flexibility index (Phi) is 7.49. The molecule has 3 aromatic rings. The summed E-state index contributed by atoms with van der Waals surface area (Å²) in [7, 11) is 0. The van der Waals surface area contributed by atoms with Crippen LogP contribution in [-0.2, 0) is 12.0 Å². The molecule has 1 spiro atoms. The van der Waals surface area contributed by atoms with Crippen molar-refractivity contribution in [2.45, 2.75) is 56.7 Å².